The van der Waals surface area contributed by atoms with Crippen LogP contribution in [0.1, 0.15) is 81.0 Å². The molecule has 1 unspecified atom stereocenters. The smallest absolute Gasteiger partial charge is 0.234 e. The Morgan fingerprint density at radius 3 is 2.44 bits per heavy atom. The van der Waals surface area contributed by atoms with Gasteiger partial charge in [0, 0.05) is 17.9 Å². The molecule has 1 amide bonds. The largest absolute Gasteiger partial charge is 0.494 e. The molecule has 0 heterocycles. The lowest BCUT2D eigenvalue weighted by atomic mass is 9.81. The number of carbonyl (C=O) groups is 1. The lowest BCUT2D eigenvalue weighted by Gasteiger charge is -2.31. The van der Waals surface area contributed by atoms with Crippen LogP contribution < -0.4 is 15.0 Å². The molecule has 0 saturated heterocycles. The molecule has 1 aliphatic rings. The molecular formula is C32H40N2O2. The molecule has 0 spiro atoms. The highest BCUT2D eigenvalue weighted by molar-refractivity contribution is 5.98. The topological polar surface area (TPSA) is 41.6 Å². The van der Waals surface area contributed by atoms with Crippen molar-refractivity contribution in [1.82, 2.24) is 0 Å². The van der Waals surface area contributed by atoms with Gasteiger partial charge in [0.05, 0.1) is 19.1 Å². The first kappa shape index (κ1) is 25.8. The standard InChI is InChI=1S/C32H40N2O2/c1-5-20-33-27-15-10-24(11-16-27)22-34(28-17-12-25(13-18-28)23(3)4)32(35)30-9-7-8-26-14-19-29(36-6-2)21-31(26)30/h10-19,21,23,30,33H,5-9,20,22H2,1-4H3. The molecule has 0 bridgehead atoms. The fraction of sp³-hybridized carbons (Fsp3) is 0.406. The van der Waals surface area contributed by atoms with Crippen LogP contribution >= 0.6 is 0 Å². The molecule has 0 saturated carbocycles. The maximum atomic E-state index is 14.2. The predicted octanol–water partition coefficient (Wildman–Crippen LogP) is 7.68. The quantitative estimate of drug-likeness (QED) is 0.321. The molecule has 190 valence electrons. The van der Waals surface area contributed by atoms with Crippen molar-refractivity contribution >= 4 is 17.3 Å². The van der Waals surface area contributed by atoms with E-state index in [1.807, 2.05) is 17.9 Å². The number of ether oxygens (including phenoxy) is 1. The highest BCUT2D eigenvalue weighted by atomic mass is 16.5. The van der Waals surface area contributed by atoms with Gasteiger partial charge in [-0.2, -0.15) is 0 Å². The van der Waals surface area contributed by atoms with Crippen molar-refractivity contribution < 1.29 is 9.53 Å². The summed E-state index contributed by atoms with van der Waals surface area (Å²) >= 11 is 0. The Labute approximate surface area is 216 Å². The van der Waals surface area contributed by atoms with Gasteiger partial charge in [0.25, 0.3) is 0 Å². The summed E-state index contributed by atoms with van der Waals surface area (Å²) in [5.74, 6) is 1.30. The summed E-state index contributed by atoms with van der Waals surface area (Å²) in [5, 5.41) is 3.43. The molecule has 0 radical (unpaired) electrons. The third-order valence-corrected chi connectivity index (χ3v) is 7.05. The van der Waals surface area contributed by atoms with E-state index >= 15 is 0 Å². The average Bonchev–Trinajstić information content (AvgIpc) is 2.90. The zero-order valence-electron chi connectivity index (χ0n) is 22.2. The number of carbonyl (C=O) groups excluding carboxylic acids is 1. The van der Waals surface area contributed by atoms with Gasteiger partial charge in [-0.25, -0.2) is 0 Å². The maximum Gasteiger partial charge on any atom is 0.234 e. The van der Waals surface area contributed by atoms with Gasteiger partial charge >= 0.3 is 0 Å². The number of benzene rings is 3. The van der Waals surface area contributed by atoms with Crippen LogP contribution in [-0.4, -0.2) is 19.1 Å². The fourth-order valence-electron chi connectivity index (χ4n) is 4.99. The van der Waals surface area contributed by atoms with Crippen molar-refractivity contribution in [2.24, 2.45) is 0 Å². The molecule has 0 fully saturated rings. The lowest BCUT2D eigenvalue weighted by molar-refractivity contribution is -0.120. The number of fused-ring (bicyclic) bond motifs is 1. The Hall–Kier alpha value is -3.27. The number of nitrogens with one attached hydrogen (secondary N) is 1. The first-order chi connectivity index (χ1) is 17.5. The summed E-state index contributed by atoms with van der Waals surface area (Å²) < 4.78 is 5.78. The molecule has 3 aromatic rings. The van der Waals surface area contributed by atoms with Gasteiger partial charge in [0.1, 0.15) is 5.75 Å². The van der Waals surface area contributed by atoms with E-state index in [0.717, 1.165) is 60.5 Å². The van der Waals surface area contributed by atoms with Crippen LogP contribution in [0.15, 0.2) is 66.7 Å². The minimum absolute atomic E-state index is 0.162. The Bertz CT molecular complexity index is 1140. The second-order valence-electron chi connectivity index (χ2n) is 10.0. The Kier molecular flexibility index (Phi) is 8.69. The van der Waals surface area contributed by atoms with E-state index < -0.39 is 0 Å². The molecule has 4 nitrogen and oxygen atoms in total. The van der Waals surface area contributed by atoms with E-state index in [4.69, 9.17) is 4.74 Å². The van der Waals surface area contributed by atoms with Crippen LogP contribution in [0.4, 0.5) is 11.4 Å². The number of amides is 1. The van der Waals surface area contributed by atoms with Crippen LogP contribution in [0.5, 0.6) is 5.75 Å². The number of rotatable bonds is 10. The summed E-state index contributed by atoms with van der Waals surface area (Å²) in [6.07, 6.45) is 3.99. The van der Waals surface area contributed by atoms with Crippen molar-refractivity contribution in [2.45, 2.75) is 71.8 Å². The molecule has 1 atom stereocenters. The lowest BCUT2D eigenvalue weighted by Crippen LogP contribution is -2.36. The minimum atomic E-state index is -0.163. The van der Waals surface area contributed by atoms with Crippen molar-refractivity contribution in [2.75, 3.05) is 23.4 Å². The molecule has 0 aromatic heterocycles. The van der Waals surface area contributed by atoms with Crippen LogP contribution in [0.25, 0.3) is 0 Å². The molecule has 1 N–H and O–H groups in total. The minimum Gasteiger partial charge on any atom is -0.494 e. The summed E-state index contributed by atoms with van der Waals surface area (Å²) in [6, 6.07) is 23.3. The van der Waals surface area contributed by atoms with E-state index in [9.17, 15) is 4.79 Å². The van der Waals surface area contributed by atoms with Gasteiger partial charge in [-0.15, -0.1) is 0 Å². The normalized spacial score (nSPS) is 14.9. The molecule has 3 aromatic carbocycles. The average molecular weight is 485 g/mol. The highest BCUT2D eigenvalue weighted by Gasteiger charge is 2.31. The van der Waals surface area contributed by atoms with E-state index in [2.05, 4.69) is 86.8 Å². The van der Waals surface area contributed by atoms with Gasteiger partial charge in [-0.1, -0.05) is 51.1 Å². The number of nitrogens with zero attached hydrogens (tertiary/aromatic N) is 1. The number of hydrogen-bond donors (Lipinski definition) is 1. The van der Waals surface area contributed by atoms with E-state index in [-0.39, 0.29) is 11.8 Å². The van der Waals surface area contributed by atoms with Gasteiger partial charge in [-0.3, -0.25) is 4.79 Å². The van der Waals surface area contributed by atoms with Crippen molar-refractivity contribution in [3.05, 3.63) is 89.0 Å². The first-order valence-electron chi connectivity index (χ1n) is 13.5. The van der Waals surface area contributed by atoms with Crippen molar-refractivity contribution in [1.29, 1.82) is 0 Å². The molecule has 4 rings (SSSR count). The molecule has 1 aliphatic carbocycles. The third kappa shape index (κ3) is 6.10. The summed E-state index contributed by atoms with van der Waals surface area (Å²) in [5.41, 5.74) is 6.86. The highest BCUT2D eigenvalue weighted by Crippen LogP contribution is 2.37. The molecule has 4 heteroatoms. The van der Waals surface area contributed by atoms with Gasteiger partial charge in [-0.05, 0) is 97.2 Å². The second-order valence-corrected chi connectivity index (χ2v) is 10.0. The first-order valence-corrected chi connectivity index (χ1v) is 13.5. The monoisotopic (exact) mass is 484 g/mol. The van der Waals surface area contributed by atoms with E-state index in [1.165, 1.54) is 11.1 Å². The number of hydrogen-bond acceptors (Lipinski definition) is 3. The number of aryl methyl sites for hydroxylation is 1. The van der Waals surface area contributed by atoms with Crippen LogP contribution in [0, 0.1) is 0 Å². The predicted molar refractivity (Wildman–Crippen MR) is 150 cm³/mol. The zero-order valence-corrected chi connectivity index (χ0v) is 22.2. The van der Waals surface area contributed by atoms with Crippen molar-refractivity contribution in [3.63, 3.8) is 0 Å². The second kappa shape index (κ2) is 12.1. The third-order valence-electron chi connectivity index (χ3n) is 7.05. The van der Waals surface area contributed by atoms with Gasteiger partial charge < -0.3 is 15.0 Å². The molecular weight excluding hydrogens is 444 g/mol. The Morgan fingerprint density at radius 1 is 1.03 bits per heavy atom. The van der Waals surface area contributed by atoms with Crippen molar-refractivity contribution in [3.8, 4) is 5.75 Å². The zero-order chi connectivity index (χ0) is 25.5. The summed E-state index contributed by atoms with van der Waals surface area (Å²) in [4.78, 5) is 16.2. The Balaban J connectivity index is 1.66. The van der Waals surface area contributed by atoms with E-state index in [0.29, 0.717) is 19.1 Å². The summed E-state index contributed by atoms with van der Waals surface area (Å²) in [7, 11) is 0. The van der Waals surface area contributed by atoms with Gasteiger partial charge in [0.2, 0.25) is 5.91 Å². The van der Waals surface area contributed by atoms with Crippen LogP contribution in [0.3, 0.4) is 0 Å². The molecule has 36 heavy (non-hydrogen) atoms. The SMILES string of the molecule is CCCNc1ccc(CN(C(=O)C2CCCc3ccc(OCC)cc32)c2ccc(C(C)C)cc2)cc1. The Morgan fingerprint density at radius 2 is 1.78 bits per heavy atom. The van der Waals surface area contributed by atoms with Gasteiger partial charge in [0.15, 0.2) is 0 Å². The van der Waals surface area contributed by atoms with E-state index in [1.54, 1.807) is 0 Å². The fourth-order valence-corrected chi connectivity index (χ4v) is 4.99. The molecule has 0 aliphatic heterocycles. The van der Waals surface area contributed by atoms with Crippen LogP contribution in [-0.2, 0) is 17.8 Å². The summed E-state index contributed by atoms with van der Waals surface area (Å²) in [6.45, 7) is 10.7. The number of anilines is 2. The maximum absolute atomic E-state index is 14.2. The van der Waals surface area contributed by atoms with Crippen LogP contribution in [0.2, 0.25) is 0 Å².